The molecule has 0 spiro atoms. The monoisotopic (exact) mass is 379 g/mol. The Labute approximate surface area is 162 Å². The van der Waals surface area contributed by atoms with Crippen molar-refractivity contribution in [2.45, 2.75) is 49.6 Å². The van der Waals surface area contributed by atoms with Gasteiger partial charge >= 0.3 is 0 Å². The first-order valence-electron chi connectivity index (χ1n) is 9.06. The van der Waals surface area contributed by atoms with Gasteiger partial charge in [-0.3, -0.25) is 9.89 Å². The minimum Gasteiger partial charge on any atom is -0.321 e. The molecule has 1 amide bonds. The van der Waals surface area contributed by atoms with E-state index >= 15 is 0 Å². The molecule has 1 aliphatic rings. The van der Waals surface area contributed by atoms with Crippen LogP contribution in [0, 0.1) is 13.8 Å². The number of rotatable bonds is 4. The lowest BCUT2D eigenvalue weighted by Crippen LogP contribution is -2.15. The quantitative estimate of drug-likeness (QED) is 0.667. The van der Waals surface area contributed by atoms with Crippen LogP contribution in [0.3, 0.4) is 0 Å². The van der Waals surface area contributed by atoms with Crippen LogP contribution in [0.1, 0.15) is 46.0 Å². The van der Waals surface area contributed by atoms with Crippen molar-refractivity contribution in [2.75, 3.05) is 5.32 Å². The van der Waals surface area contributed by atoms with E-state index in [1.165, 1.54) is 11.8 Å². The van der Waals surface area contributed by atoms with E-state index in [2.05, 4.69) is 25.5 Å². The number of carbonyl (C=O) groups excluding carboxylic acids is 1. The van der Waals surface area contributed by atoms with Crippen molar-refractivity contribution in [2.24, 2.45) is 0 Å². The van der Waals surface area contributed by atoms with E-state index in [-0.39, 0.29) is 5.91 Å². The molecule has 3 aromatic rings. The summed E-state index contributed by atoms with van der Waals surface area (Å²) < 4.78 is 0. The third-order valence-electron chi connectivity index (χ3n) is 4.55. The van der Waals surface area contributed by atoms with Gasteiger partial charge in [0.2, 0.25) is 0 Å². The van der Waals surface area contributed by atoms with Crippen LogP contribution < -0.4 is 5.32 Å². The van der Waals surface area contributed by atoms with Gasteiger partial charge in [-0.2, -0.15) is 5.10 Å². The van der Waals surface area contributed by atoms with Gasteiger partial charge in [-0.15, -0.1) is 0 Å². The predicted molar refractivity (Wildman–Crippen MR) is 105 cm³/mol. The van der Waals surface area contributed by atoms with Crippen molar-refractivity contribution in [3.05, 3.63) is 58.7 Å². The number of aryl methyl sites for hydroxylation is 3. The van der Waals surface area contributed by atoms with Crippen LogP contribution >= 0.6 is 11.8 Å². The molecule has 0 unspecified atom stereocenters. The maximum absolute atomic E-state index is 12.6. The Kier molecular flexibility index (Phi) is 4.94. The molecule has 2 aromatic heterocycles. The maximum atomic E-state index is 12.6. The van der Waals surface area contributed by atoms with Crippen molar-refractivity contribution in [3.63, 3.8) is 0 Å². The fraction of sp³-hybridized carbons (Fsp3) is 0.300. The lowest BCUT2D eigenvalue weighted by Gasteiger charge is -2.11. The van der Waals surface area contributed by atoms with Crippen LogP contribution in [0.5, 0.6) is 0 Å². The fourth-order valence-electron chi connectivity index (χ4n) is 3.31. The summed E-state index contributed by atoms with van der Waals surface area (Å²) in [7, 11) is 0. The number of aromatic nitrogens is 4. The number of hydrogen-bond acceptors (Lipinski definition) is 5. The topological polar surface area (TPSA) is 83.6 Å². The first-order valence-corrected chi connectivity index (χ1v) is 9.88. The zero-order chi connectivity index (χ0) is 18.8. The van der Waals surface area contributed by atoms with E-state index in [0.717, 1.165) is 64.1 Å². The second kappa shape index (κ2) is 7.52. The lowest BCUT2D eigenvalue weighted by atomic mass is 9.96. The predicted octanol–water partition coefficient (Wildman–Crippen LogP) is 4.10. The number of anilines is 1. The van der Waals surface area contributed by atoms with Gasteiger partial charge in [0.1, 0.15) is 0 Å². The Morgan fingerprint density at radius 1 is 1.07 bits per heavy atom. The minimum atomic E-state index is -0.160. The molecule has 2 N–H and O–H groups in total. The summed E-state index contributed by atoms with van der Waals surface area (Å²) in [5, 5.41) is 10.9. The van der Waals surface area contributed by atoms with Crippen LogP contribution in [0.2, 0.25) is 0 Å². The van der Waals surface area contributed by atoms with E-state index in [1.54, 1.807) is 0 Å². The zero-order valence-electron chi connectivity index (χ0n) is 15.4. The Hall–Kier alpha value is -2.67. The molecule has 0 radical (unpaired) electrons. The van der Waals surface area contributed by atoms with Gasteiger partial charge in [0.25, 0.3) is 5.91 Å². The van der Waals surface area contributed by atoms with Crippen LogP contribution in [0.15, 0.2) is 40.4 Å². The molecule has 0 fully saturated rings. The highest BCUT2D eigenvalue weighted by Gasteiger charge is 2.21. The van der Waals surface area contributed by atoms with E-state index in [4.69, 9.17) is 0 Å². The Bertz CT molecular complexity index is 960. The van der Waals surface area contributed by atoms with Gasteiger partial charge in [-0.25, -0.2) is 9.97 Å². The third kappa shape index (κ3) is 4.03. The molecule has 2 heterocycles. The molecule has 7 heteroatoms. The molecule has 0 atom stereocenters. The van der Waals surface area contributed by atoms with Gasteiger partial charge in [0.05, 0.1) is 0 Å². The Morgan fingerprint density at radius 3 is 2.52 bits per heavy atom. The second-order valence-electron chi connectivity index (χ2n) is 6.75. The van der Waals surface area contributed by atoms with E-state index in [0.29, 0.717) is 5.69 Å². The molecule has 0 bridgehead atoms. The third-order valence-corrected chi connectivity index (χ3v) is 5.43. The van der Waals surface area contributed by atoms with Gasteiger partial charge < -0.3 is 5.32 Å². The number of nitrogens with one attached hydrogen (secondary N) is 2. The Morgan fingerprint density at radius 2 is 1.78 bits per heavy atom. The number of fused-ring (bicyclic) bond motifs is 1. The van der Waals surface area contributed by atoms with Gasteiger partial charge in [-0.1, -0.05) is 0 Å². The molecule has 4 rings (SSSR count). The van der Waals surface area contributed by atoms with Crippen molar-refractivity contribution in [1.82, 2.24) is 20.2 Å². The summed E-state index contributed by atoms with van der Waals surface area (Å²) in [5.41, 5.74) is 5.35. The number of amides is 1. The number of nitrogens with zero attached hydrogens (tertiary/aromatic N) is 3. The van der Waals surface area contributed by atoms with E-state index < -0.39 is 0 Å². The average molecular weight is 379 g/mol. The van der Waals surface area contributed by atoms with Gasteiger partial charge in [0.15, 0.2) is 10.9 Å². The summed E-state index contributed by atoms with van der Waals surface area (Å²) >= 11 is 1.51. The molecule has 1 aromatic carbocycles. The molecular formula is C20H21N5OS. The number of hydrogen-bond donors (Lipinski definition) is 2. The number of aromatic amines is 1. The van der Waals surface area contributed by atoms with Crippen LogP contribution in [-0.2, 0) is 12.8 Å². The van der Waals surface area contributed by atoms with Crippen LogP contribution in [0.4, 0.5) is 5.69 Å². The maximum Gasteiger partial charge on any atom is 0.276 e. The molecule has 0 saturated heterocycles. The standard InChI is InChI=1S/C20H21N5OS/c1-12-11-13(2)22-20(21-12)27-15-9-7-14(8-10-15)23-19(26)18-16-5-3-4-6-17(16)24-25-18/h7-11H,3-6H2,1-2H3,(H,23,26)(H,24,25). The highest BCUT2D eigenvalue weighted by atomic mass is 32.2. The van der Waals surface area contributed by atoms with Crippen molar-refractivity contribution in [3.8, 4) is 0 Å². The summed E-state index contributed by atoms with van der Waals surface area (Å²) in [5.74, 6) is -0.160. The normalized spacial score (nSPS) is 13.3. The first-order chi connectivity index (χ1) is 13.1. The highest BCUT2D eigenvalue weighted by Crippen LogP contribution is 2.27. The molecular weight excluding hydrogens is 358 g/mol. The Balaban J connectivity index is 1.44. The summed E-state index contributed by atoms with van der Waals surface area (Å²) in [6.07, 6.45) is 4.15. The van der Waals surface area contributed by atoms with Crippen LogP contribution in [0.25, 0.3) is 0 Å². The number of benzene rings is 1. The van der Waals surface area contributed by atoms with Crippen molar-refractivity contribution < 1.29 is 4.79 Å². The smallest absolute Gasteiger partial charge is 0.276 e. The SMILES string of the molecule is Cc1cc(C)nc(Sc2ccc(NC(=O)c3n[nH]c4c3CCCC4)cc2)n1. The molecule has 138 valence electrons. The minimum absolute atomic E-state index is 0.160. The molecule has 0 saturated carbocycles. The average Bonchev–Trinajstić information content (AvgIpc) is 3.07. The summed E-state index contributed by atoms with van der Waals surface area (Å²) in [6, 6.07) is 9.66. The summed E-state index contributed by atoms with van der Waals surface area (Å²) in [6.45, 7) is 3.93. The zero-order valence-corrected chi connectivity index (χ0v) is 16.2. The largest absolute Gasteiger partial charge is 0.321 e. The van der Waals surface area contributed by atoms with Gasteiger partial charge in [0, 0.05) is 33.2 Å². The second-order valence-corrected chi connectivity index (χ2v) is 7.79. The number of H-pyrrole nitrogens is 1. The van der Waals surface area contributed by atoms with E-state index in [1.807, 2.05) is 44.2 Å². The molecule has 0 aliphatic heterocycles. The van der Waals surface area contributed by atoms with Gasteiger partial charge in [-0.05, 0) is 81.6 Å². The highest BCUT2D eigenvalue weighted by molar-refractivity contribution is 7.99. The fourth-order valence-corrected chi connectivity index (χ4v) is 4.17. The van der Waals surface area contributed by atoms with Crippen molar-refractivity contribution >= 4 is 23.4 Å². The molecule has 1 aliphatic carbocycles. The van der Waals surface area contributed by atoms with E-state index in [9.17, 15) is 4.79 Å². The first kappa shape index (κ1) is 17.7. The molecule has 6 nitrogen and oxygen atoms in total. The van der Waals surface area contributed by atoms with Crippen LogP contribution in [-0.4, -0.2) is 26.1 Å². The summed E-state index contributed by atoms with van der Waals surface area (Å²) in [4.78, 5) is 22.5. The van der Waals surface area contributed by atoms with Crippen molar-refractivity contribution in [1.29, 1.82) is 0 Å². The molecule has 27 heavy (non-hydrogen) atoms. The lowest BCUT2D eigenvalue weighted by molar-refractivity contribution is 0.102. The number of carbonyl (C=O) groups is 1.